The van der Waals surface area contributed by atoms with Gasteiger partial charge in [0.1, 0.15) is 5.25 Å². The number of hydrogen-bond acceptors (Lipinski definition) is 3. The third-order valence-electron chi connectivity index (χ3n) is 3.99. The number of amides is 1. The fraction of sp³-hybridized carbons (Fsp3) is 0.278. The van der Waals surface area contributed by atoms with Gasteiger partial charge in [0.25, 0.3) is 0 Å². The summed E-state index contributed by atoms with van der Waals surface area (Å²) in [7, 11) is 0. The van der Waals surface area contributed by atoms with Crippen LogP contribution in [0.15, 0.2) is 48.5 Å². The van der Waals surface area contributed by atoms with E-state index in [1.807, 2.05) is 36.4 Å². The molecule has 0 saturated carbocycles. The van der Waals surface area contributed by atoms with Crippen molar-refractivity contribution < 1.29 is 4.79 Å². The number of rotatable bonds is 3. The molecular weight excluding hydrogens is 328 g/mol. The van der Waals surface area contributed by atoms with E-state index in [2.05, 4.69) is 17.4 Å². The highest BCUT2D eigenvalue weighted by Gasteiger charge is 2.26. The monoisotopic (exact) mass is 346 g/mol. The highest BCUT2D eigenvalue weighted by atomic mass is 35.5. The molecule has 1 fully saturated rings. The molecule has 0 aliphatic carbocycles. The Balaban J connectivity index is 1.87. The largest absolute Gasteiger partial charge is 0.351 e. The van der Waals surface area contributed by atoms with Crippen molar-refractivity contribution in [2.75, 3.05) is 12.3 Å². The molecule has 3 rings (SSSR count). The number of thioether (sulfide) groups is 1. The molecule has 0 unspecified atom stereocenters. The zero-order chi connectivity index (χ0) is 16.2. The van der Waals surface area contributed by atoms with Gasteiger partial charge in [0.15, 0.2) is 0 Å². The Labute approximate surface area is 145 Å². The fourth-order valence-corrected chi connectivity index (χ4v) is 4.04. The molecule has 120 valence electrons. The first-order valence-corrected chi connectivity index (χ1v) is 9.08. The van der Waals surface area contributed by atoms with Crippen LogP contribution in [-0.4, -0.2) is 24.2 Å². The molecule has 0 spiro atoms. The van der Waals surface area contributed by atoms with Gasteiger partial charge in [-0.2, -0.15) is 0 Å². The van der Waals surface area contributed by atoms with Crippen LogP contribution in [0.2, 0.25) is 5.02 Å². The number of halogens is 1. The first-order valence-electron chi connectivity index (χ1n) is 7.65. The fourth-order valence-electron chi connectivity index (χ4n) is 2.70. The molecule has 0 radical (unpaired) electrons. The van der Waals surface area contributed by atoms with Gasteiger partial charge in [-0.1, -0.05) is 41.9 Å². The lowest BCUT2D eigenvalue weighted by atomic mass is 10.0. The van der Waals surface area contributed by atoms with Crippen LogP contribution < -0.4 is 11.1 Å². The van der Waals surface area contributed by atoms with Crippen molar-refractivity contribution in [2.45, 2.75) is 17.7 Å². The SMILES string of the molecule is NC[C@@H]1CCS[C@@H](c2cccc(-c3ccc(Cl)cc3)c2)C(=O)N1. The number of hydrogen-bond donors (Lipinski definition) is 2. The first-order chi connectivity index (χ1) is 11.2. The number of nitrogens with two attached hydrogens (primary N) is 1. The molecule has 0 bridgehead atoms. The Morgan fingerprint density at radius 1 is 1.17 bits per heavy atom. The third kappa shape index (κ3) is 3.89. The molecule has 1 aliphatic rings. The lowest BCUT2D eigenvalue weighted by molar-refractivity contribution is -0.121. The quantitative estimate of drug-likeness (QED) is 0.892. The first kappa shape index (κ1) is 16.4. The molecule has 3 N–H and O–H groups in total. The molecule has 3 nitrogen and oxygen atoms in total. The molecule has 1 aliphatic heterocycles. The Hall–Kier alpha value is -1.49. The van der Waals surface area contributed by atoms with Crippen molar-refractivity contribution in [1.29, 1.82) is 0 Å². The number of carbonyl (C=O) groups is 1. The van der Waals surface area contributed by atoms with Gasteiger partial charge in [0.2, 0.25) is 5.91 Å². The van der Waals surface area contributed by atoms with Crippen LogP contribution in [0.25, 0.3) is 11.1 Å². The van der Waals surface area contributed by atoms with Gasteiger partial charge in [-0.25, -0.2) is 0 Å². The second-order valence-electron chi connectivity index (χ2n) is 5.61. The molecule has 1 amide bonds. The summed E-state index contributed by atoms with van der Waals surface area (Å²) in [5.41, 5.74) is 8.90. The average Bonchev–Trinajstić information content (AvgIpc) is 2.77. The smallest absolute Gasteiger partial charge is 0.237 e. The van der Waals surface area contributed by atoms with Crippen LogP contribution >= 0.6 is 23.4 Å². The van der Waals surface area contributed by atoms with Crippen LogP contribution in [0.3, 0.4) is 0 Å². The molecule has 1 saturated heterocycles. The topological polar surface area (TPSA) is 55.1 Å². The molecule has 2 aromatic rings. The summed E-state index contributed by atoms with van der Waals surface area (Å²) in [6.45, 7) is 0.490. The van der Waals surface area contributed by atoms with E-state index in [1.165, 1.54) is 0 Å². The van der Waals surface area contributed by atoms with E-state index in [0.29, 0.717) is 6.54 Å². The van der Waals surface area contributed by atoms with Crippen molar-refractivity contribution >= 4 is 29.3 Å². The predicted octanol–water partition coefficient (Wildman–Crippen LogP) is 3.63. The summed E-state index contributed by atoms with van der Waals surface area (Å²) in [5, 5.41) is 3.58. The van der Waals surface area contributed by atoms with Crippen LogP contribution in [0, 0.1) is 0 Å². The van der Waals surface area contributed by atoms with Crippen LogP contribution in [0.5, 0.6) is 0 Å². The van der Waals surface area contributed by atoms with Crippen LogP contribution in [0.1, 0.15) is 17.2 Å². The summed E-state index contributed by atoms with van der Waals surface area (Å²) in [6, 6.07) is 16.0. The summed E-state index contributed by atoms with van der Waals surface area (Å²) in [4.78, 5) is 12.5. The number of nitrogens with one attached hydrogen (secondary N) is 1. The molecule has 2 aromatic carbocycles. The van der Waals surface area contributed by atoms with E-state index < -0.39 is 0 Å². The minimum Gasteiger partial charge on any atom is -0.351 e. The Bertz CT molecular complexity index is 690. The van der Waals surface area contributed by atoms with Crippen molar-refractivity contribution in [3.63, 3.8) is 0 Å². The van der Waals surface area contributed by atoms with Crippen molar-refractivity contribution in [3.05, 3.63) is 59.1 Å². The highest BCUT2D eigenvalue weighted by molar-refractivity contribution is 8.00. The van der Waals surface area contributed by atoms with E-state index in [-0.39, 0.29) is 17.2 Å². The van der Waals surface area contributed by atoms with Crippen molar-refractivity contribution in [2.24, 2.45) is 5.73 Å². The maximum absolute atomic E-state index is 12.5. The minimum atomic E-state index is -0.182. The zero-order valence-electron chi connectivity index (χ0n) is 12.7. The molecule has 5 heteroatoms. The van der Waals surface area contributed by atoms with Crippen molar-refractivity contribution in [3.8, 4) is 11.1 Å². The third-order valence-corrected chi connectivity index (χ3v) is 5.53. The van der Waals surface area contributed by atoms with Gasteiger partial charge in [0.05, 0.1) is 0 Å². The van der Waals surface area contributed by atoms with E-state index >= 15 is 0 Å². The van der Waals surface area contributed by atoms with E-state index in [9.17, 15) is 4.79 Å². The van der Waals surface area contributed by atoms with Gasteiger partial charge < -0.3 is 11.1 Å². The normalized spacial score (nSPS) is 21.6. The van der Waals surface area contributed by atoms with Crippen LogP contribution in [-0.2, 0) is 4.79 Å². The van der Waals surface area contributed by atoms with E-state index in [4.69, 9.17) is 17.3 Å². The average molecular weight is 347 g/mol. The van der Waals surface area contributed by atoms with Gasteiger partial charge in [-0.3, -0.25) is 4.79 Å². The standard InChI is InChI=1S/C18H19ClN2OS/c19-15-6-4-12(5-7-15)13-2-1-3-14(10-13)17-18(22)21-16(11-20)8-9-23-17/h1-7,10,16-17H,8-9,11,20H2,(H,21,22)/t16-,17-/m0/s1. The summed E-state index contributed by atoms with van der Waals surface area (Å²) in [6.07, 6.45) is 0.917. The molecular formula is C18H19ClN2OS. The van der Waals surface area contributed by atoms with Gasteiger partial charge >= 0.3 is 0 Å². The Morgan fingerprint density at radius 2 is 1.96 bits per heavy atom. The van der Waals surface area contributed by atoms with Crippen LogP contribution in [0.4, 0.5) is 0 Å². The summed E-state index contributed by atoms with van der Waals surface area (Å²) >= 11 is 7.63. The maximum Gasteiger partial charge on any atom is 0.237 e. The Kier molecular flexibility index (Phi) is 5.26. The van der Waals surface area contributed by atoms with Gasteiger partial charge in [0, 0.05) is 17.6 Å². The van der Waals surface area contributed by atoms with Gasteiger partial charge in [-0.15, -0.1) is 11.8 Å². The lowest BCUT2D eigenvalue weighted by Crippen LogP contribution is -2.40. The summed E-state index contributed by atoms with van der Waals surface area (Å²) in [5.74, 6) is 0.979. The maximum atomic E-state index is 12.5. The zero-order valence-corrected chi connectivity index (χ0v) is 14.2. The predicted molar refractivity (Wildman–Crippen MR) is 97.7 cm³/mol. The van der Waals surface area contributed by atoms with Crippen molar-refractivity contribution in [1.82, 2.24) is 5.32 Å². The second-order valence-corrected chi connectivity index (χ2v) is 7.26. The second kappa shape index (κ2) is 7.39. The number of carbonyl (C=O) groups excluding carboxylic acids is 1. The Morgan fingerprint density at radius 3 is 2.70 bits per heavy atom. The summed E-state index contributed by atoms with van der Waals surface area (Å²) < 4.78 is 0. The van der Waals surface area contributed by atoms with Gasteiger partial charge in [-0.05, 0) is 47.1 Å². The molecule has 2 atom stereocenters. The molecule has 1 heterocycles. The number of benzene rings is 2. The minimum absolute atomic E-state index is 0.0520. The molecule has 0 aromatic heterocycles. The highest BCUT2D eigenvalue weighted by Crippen LogP contribution is 2.34. The van der Waals surface area contributed by atoms with E-state index in [1.54, 1.807) is 11.8 Å². The molecule has 23 heavy (non-hydrogen) atoms. The lowest BCUT2D eigenvalue weighted by Gasteiger charge is -2.16. The van der Waals surface area contributed by atoms with E-state index in [0.717, 1.165) is 33.9 Å².